The van der Waals surface area contributed by atoms with Gasteiger partial charge in [-0.3, -0.25) is 15.0 Å². The lowest BCUT2D eigenvalue weighted by molar-refractivity contribution is 0.101. The Morgan fingerprint density at radius 1 is 0.774 bits per heavy atom. The molecule has 0 aromatic heterocycles. The fraction of sp³-hybridized carbons (Fsp3) is 0.0385. The Morgan fingerprint density at radius 3 is 2.19 bits per heavy atom. The Hall–Kier alpha value is -4.25. The van der Waals surface area contributed by atoms with Crippen LogP contribution < -0.4 is 5.43 Å². The first-order chi connectivity index (χ1) is 15.0. The normalized spacial score (nSPS) is 11.3. The van der Waals surface area contributed by atoms with Crippen molar-refractivity contribution < 1.29 is 14.7 Å². The van der Waals surface area contributed by atoms with E-state index in [0.29, 0.717) is 16.6 Å². The molecule has 0 fully saturated rings. The zero-order valence-electron chi connectivity index (χ0n) is 16.9. The van der Waals surface area contributed by atoms with Crippen molar-refractivity contribution in [3.63, 3.8) is 0 Å². The lowest BCUT2D eigenvalue weighted by Crippen LogP contribution is -2.26. The van der Waals surface area contributed by atoms with E-state index in [1.165, 1.54) is 6.07 Å². The number of Topliss-reactive ketones (excluding diaryl/α,β-unsaturated/α-hetero) is 2. The molecule has 0 radical (unpaired) electrons. The molecule has 0 aliphatic rings. The zero-order chi connectivity index (χ0) is 21.8. The fourth-order valence-corrected chi connectivity index (χ4v) is 3.25. The van der Waals surface area contributed by atoms with Gasteiger partial charge in [0.15, 0.2) is 5.71 Å². The minimum absolute atomic E-state index is 0.0208. The quantitative estimate of drug-likeness (QED) is 0.194. The molecule has 0 amide bonds. The van der Waals surface area contributed by atoms with Crippen LogP contribution in [0.15, 0.2) is 96.1 Å². The van der Waals surface area contributed by atoms with E-state index in [9.17, 15) is 14.7 Å². The Bertz CT molecular complexity index is 1290. The van der Waals surface area contributed by atoms with Crippen LogP contribution in [-0.2, 0) is 0 Å². The predicted octanol–water partition coefficient (Wildman–Crippen LogP) is 5.39. The molecule has 0 atom stereocenters. The molecule has 0 saturated heterocycles. The van der Waals surface area contributed by atoms with E-state index in [-0.39, 0.29) is 17.0 Å². The predicted molar refractivity (Wildman–Crippen MR) is 123 cm³/mol. The number of carbonyl (C=O) groups is 2. The van der Waals surface area contributed by atoms with Gasteiger partial charge < -0.3 is 5.11 Å². The molecule has 0 unspecified atom stereocenters. The Kier molecular flexibility index (Phi) is 5.58. The molecule has 0 spiro atoms. The van der Waals surface area contributed by atoms with Gasteiger partial charge in [-0.2, -0.15) is 5.10 Å². The van der Waals surface area contributed by atoms with Crippen LogP contribution in [0.1, 0.15) is 26.3 Å². The van der Waals surface area contributed by atoms with Gasteiger partial charge >= 0.3 is 0 Å². The summed E-state index contributed by atoms with van der Waals surface area (Å²) in [7, 11) is 0. The molecule has 4 aromatic rings. The number of anilines is 1. The second-order valence-corrected chi connectivity index (χ2v) is 7.15. The molecule has 2 N–H and O–H groups in total. The van der Waals surface area contributed by atoms with Gasteiger partial charge in [0.1, 0.15) is 5.75 Å². The molecule has 31 heavy (non-hydrogen) atoms. The van der Waals surface area contributed by atoms with Gasteiger partial charge in [-0.15, -0.1) is 0 Å². The van der Waals surface area contributed by atoms with Crippen LogP contribution in [0.2, 0.25) is 0 Å². The van der Waals surface area contributed by atoms with E-state index in [1.807, 2.05) is 31.2 Å². The minimum Gasteiger partial charge on any atom is -0.507 e. The third-order valence-corrected chi connectivity index (χ3v) is 4.96. The number of hydrazone groups is 1. The number of aromatic hydroxyl groups is 1. The first-order valence-corrected chi connectivity index (χ1v) is 9.80. The van der Waals surface area contributed by atoms with Crippen LogP contribution in [0, 0.1) is 6.92 Å². The van der Waals surface area contributed by atoms with Gasteiger partial charge in [-0.05, 0) is 30.5 Å². The highest BCUT2D eigenvalue weighted by Gasteiger charge is 2.26. The average Bonchev–Trinajstić information content (AvgIpc) is 2.81. The van der Waals surface area contributed by atoms with Crippen molar-refractivity contribution in [2.75, 3.05) is 5.43 Å². The van der Waals surface area contributed by atoms with Gasteiger partial charge in [-0.25, -0.2) is 0 Å². The van der Waals surface area contributed by atoms with E-state index in [0.717, 1.165) is 10.9 Å². The number of ketones is 2. The van der Waals surface area contributed by atoms with Crippen LogP contribution in [0.4, 0.5) is 5.69 Å². The van der Waals surface area contributed by atoms with Crippen molar-refractivity contribution in [2.24, 2.45) is 5.10 Å². The molecular weight excluding hydrogens is 388 g/mol. The second kappa shape index (κ2) is 8.63. The number of carbonyl (C=O) groups excluding carboxylic acids is 2. The Morgan fingerprint density at radius 2 is 1.45 bits per heavy atom. The van der Waals surface area contributed by atoms with Crippen molar-refractivity contribution in [1.82, 2.24) is 0 Å². The number of aryl methyl sites for hydroxylation is 1. The third-order valence-electron chi connectivity index (χ3n) is 4.96. The summed E-state index contributed by atoms with van der Waals surface area (Å²) in [5.74, 6) is -1.36. The molecule has 152 valence electrons. The molecule has 0 aliphatic heterocycles. The van der Waals surface area contributed by atoms with E-state index in [1.54, 1.807) is 60.7 Å². The molecule has 4 aromatic carbocycles. The van der Waals surface area contributed by atoms with Crippen LogP contribution in [0.5, 0.6) is 5.75 Å². The SMILES string of the molecule is Cc1ccc(NN=C(C(=O)c2ccccc2)C(=O)c2ccc3ccccc3c2O)cc1. The highest BCUT2D eigenvalue weighted by Crippen LogP contribution is 2.29. The summed E-state index contributed by atoms with van der Waals surface area (Å²) in [5.41, 5.74) is 4.56. The maximum absolute atomic E-state index is 13.3. The van der Waals surface area contributed by atoms with E-state index in [4.69, 9.17) is 0 Å². The van der Waals surface area contributed by atoms with Crippen LogP contribution in [0.25, 0.3) is 10.8 Å². The zero-order valence-corrected chi connectivity index (χ0v) is 16.9. The van der Waals surface area contributed by atoms with Crippen LogP contribution in [-0.4, -0.2) is 22.4 Å². The average molecular weight is 408 g/mol. The van der Waals surface area contributed by atoms with Gasteiger partial charge in [-0.1, -0.05) is 78.4 Å². The van der Waals surface area contributed by atoms with E-state index >= 15 is 0 Å². The first kappa shape index (κ1) is 20.0. The highest BCUT2D eigenvalue weighted by atomic mass is 16.3. The number of nitrogens with one attached hydrogen (secondary N) is 1. The number of benzene rings is 4. The summed E-state index contributed by atoms with van der Waals surface area (Å²) < 4.78 is 0. The van der Waals surface area contributed by atoms with Crippen molar-refractivity contribution in [1.29, 1.82) is 0 Å². The fourth-order valence-electron chi connectivity index (χ4n) is 3.25. The molecule has 5 heteroatoms. The maximum atomic E-state index is 13.3. The topological polar surface area (TPSA) is 78.8 Å². The van der Waals surface area contributed by atoms with Crippen molar-refractivity contribution in [3.05, 3.63) is 108 Å². The Labute approximate surface area is 179 Å². The number of nitrogens with zero attached hydrogens (tertiary/aromatic N) is 1. The number of phenolic OH excluding ortho intramolecular Hbond substituents is 1. The van der Waals surface area contributed by atoms with Crippen LogP contribution >= 0.6 is 0 Å². The van der Waals surface area contributed by atoms with Crippen molar-refractivity contribution in [3.8, 4) is 5.75 Å². The number of phenols is 1. The molecule has 0 heterocycles. The van der Waals surface area contributed by atoms with Crippen molar-refractivity contribution >= 4 is 33.7 Å². The number of hydrogen-bond donors (Lipinski definition) is 2. The van der Waals surface area contributed by atoms with Crippen molar-refractivity contribution in [2.45, 2.75) is 6.92 Å². The lowest BCUT2D eigenvalue weighted by Gasteiger charge is -2.10. The first-order valence-electron chi connectivity index (χ1n) is 9.80. The number of fused-ring (bicyclic) bond motifs is 1. The van der Waals surface area contributed by atoms with Crippen LogP contribution in [0.3, 0.4) is 0 Å². The minimum atomic E-state index is -0.656. The summed E-state index contributed by atoms with van der Waals surface area (Å²) in [5, 5.41) is 16.2. The summed E-state index contributed by atoms with van der Waals surface area (Å²) >= 11 is 0. The molecule has 0 bridgehead atoms. The molecule has 5 nitrogen and oxygen atoms in total. The summed E-state index contributed by atoms with van der Waals surface area (Å²) in [6, 6.07) is 26.3. The monoisotopic (exact) mass is 408 g/mol. The number of hydrogen-bond acceptors (Lipinski definition) is 5. The third kappa shape index (κ3) is 4.21. The molecule has 4 rings (SSSR count). The van der Waals surface area contributed by atoms with E-state index < -0.39 is 11.6 Å². The van der Waals surface area contributed by atoms with E-state index in [2.05, 4.69) is 10.5 Å². The molecular formula is C26H20N2O3. The standard InChI is InChI=1S/C26H20N2O3/c1-17-11-14-20(15-12-17)27-28-23(24(29)19-8-3-2-4-9-19)26(31)22-16-13-18-7-5-6-10-21(18)25(22)30/h2-16,27,30H,1H3. The largest absolute Gasteiger partial charge is 0.507 e. The number of rotatable bonds is 6. The highest BCUT2D eigenvalue weighted by molar-refractivity contribution is 6.72. The second-order valence-electron chi connectivity index (χ2n) is 7.15. The molecule has 0 aliphatic carbocycles. The van der Waals surface area contributed by atoms with Gasteiger partial charge in [0, 0.05) is 10.9 Å². The summed E-state index contributed by atoms with van der Waals surface area (Å²) in [6.45, 7) is 1.96. The summed E-state index contributed by atoms with van der Waals surface area (Å²) in [4.78, 5) is 26.5. The van der Waals surface area contributed by atoms with Gasteiger partial charge in [0.2, 0.25) is 11.6 Å². The smallest absolute Gasteiger partial charge is 0.220 e. The van der Waals surface area contributed by atoms with Gasteiger partial charge in [0.05, 0.1) is 11.3 Å². The Balaban J connectivity index is 1.77. The maximum Gasteiger partial charge on any atom is 0.220 e. The molecule has 0 saturated carbocycles. The lowest BCUT2D eigenvalue weighted by atomic mass is 9.96. The van der Waals surface area contributed by atoms with Gasteiger partial charge in [0.25, 0.3) is 0 Å². The summed E-state index contributed by atoms with van der Waals surface area (Å²) in [6.07, 6.45) is 0.